The summed E-state index contributed by atoms with van der Waals surface area (Å²) in [5.74, 6) is 0.376. The van der Waals surface area contributed by atoms with Gasteiger partial charge in [0, 0.05) is 13.1 Å². The number of anilines is 2. The van der Waals surface area contributed by atoms with E-state index >= 15 is 0 Å². The fraction of sp³-hybridized carbons (Fsp3) is 0.583. The zero-order chi connectivity index (χ0) is 13.3. The summed E-state index contributed by atoms with van der Waals surface area (Å²) in [6.07, 6.45) is 4.61. The number of nitrogens with zero attached hydrogens (tertiary/aromatic N) is 1. The lowest BCUT2D eigenvalue weighted by Gasteiger charge is -2.22. The van der Waals surface area contributed by atoms with Crippen LogP contribution in [0.3, 0.4) is 0 Å². The second-order valence-electron chi connectivity index (χ2n) is 4.53. The van der Waals surface area contributed by atoms with Crippen LogP contribution in [-0.4, -0.2) is 25.3 Å². The first-order valence-corrected chi connectivity index (χ1v) is 8.13. The number of thiophene rings is 1. The summed E-state index contributed by atoms with van der Waals surface area (Å²) in [6, 6.07) is 0. The van der Waals surface area contributed by atoms with E-state index in [0.717, 1.165) is 28.9 Å². The first-order chi connectivity index (χ1) is 8.58. The van der Waals surface area contributed by atoms with Gasteiger partial charge in [-0.1, -0.05) is 0 Å². The summed E-state index contributed by atoms with van der Waals surface area (Å²) >= 11 is 3.01. The van der Waals surface area contributed by atoms with E-state index in [1.165, 1.54) is 24.2 Å². The lowest BCUT2D eigenvalue weighted by atomic mass is 10.3. The van der Waals surface area contributed by atoms with Crippen LogP contribution in [0.15, 0.2) is 4.90 Å². The molecule has 2 rings (SSSR count). The second-order valence-corrected chi connectivity index (χ2v) is 6.35. The van der Waals surface area contributed by atoms with Crippen LogP contribution in [0, 0.1) is 5.92 Å². The number of thioether (sulfide) groups is 1. The maximum Gasteiger partial charge on any atom is 0.261 e. The van der Waals surface area contributed by atoms with Crippen molar-refractivity contribution in [1.82, 2.24) is 0 Å². The fourth-order valence-electron chi connectivity index (χ4n) is 1.97. The summed E-state index contributed by atoms with van der Waals surface area (Å²) in [7, 11) is 0. The van der Waals surface area contributed by atoms with Gasteiger partial charge in [0.05, 0.1) is 10.6 Å². The number of carbonyl (C=O) groups excluding carboxylic acids is 1. The van der Waals surface area contributed by atoms with Crippen LogP contribution in [0.2, 0.25) is 0 Å². The highest BCUT2D eigenvalue weighted by molar-refractivity contribution is 7.99. The van der Waals surface area contributed by atoms with Crippen molar-refractivity contribution in [2.24, 2.45) is 11.7 Å². The number of hydrogen-bond donors (Lipinski definition) is 2. The lowest BCUT2D eigenvalue weighted by Crippen LogP contribution is -2.24. The molecule has 1 amide bonds. The average Bonchev–Trinajstić information content (AvgIpc) is 3.09. The second kappa shape index (κ2) is 5.40. The molecule has 1 heterocycles. The molecule has 0 saturated heterocycles. The molecule has 4 nitrogen and oxygen atoms in total. The van der Waals surface area contributed by atoms with Crippen LogP contribution in [0.1, 0.15) is 29.4 Å². The van der Waals surface area contributed by atoms with E-state index in [1.54, 1.807) is 11.8 Å². The number of hydrogen-bond acceptors (Lipinski definition) is 5. The average molecular weight is 285 g/mol. The monoisotopic (exact) mass is 285 g/mol. The Bertz CT molecular complexity index is 454. The van der Waals surface area contributed by atoms with Crippen LogP contribution in [-0.2, 0) is 0 Å². The van der Waals surface area contributed by atoms with Gasteiger partial charge >= 0.3 is 0 Å². The normalized spacial score (nSPS) is 14.8. The molecule has 0 aliphatic heterocycles. The van der Waals surface area contributed by atoms with Crippen molar-refractivity contribution in [2.45, 2.75) is 24.7 Å². The van der Waals surface area contributed by atoms with Crippen LogP contribution in [0.4, 0.5) is 10.7 Å². The van der Waals surface area contributed by atoms with E-state index < -0.39 is 5.91 Å². The molecule has 1 saturated carbocycles. The third kappa shape index (κ3) is 2.59. The Kier molecular flexibility index (Phi) is 4.07. The van der Waals surface area contributed by atoms with Crippen molar-refractivity contribution in [2.75, 3.05) is 30.0 Å². The van der Waals surface area contributed by atoms with Crippen LogP contribution < -0.4 is 16.4 Å². The van der Waals surface area contributed by atoms with Crippen molar-refractivity contribution in [3.8, 4) is 0 Å². The third-order valence-electron chi connectivity index (χ3n) is 3.15. The van der Waals surface area contributed by atoms with E-state index in [0.29, 0.717) is 10.6 Å². The predicted octanol–water partition coefficient (Wildman–Crippen LogP) is 2.39. The standard InChI is InChI=1S/C12H19N3OS2/c1-3-15(6-7-4-5-7)12-10(17-2)8(13)9(18-12)11(14)16/h7H,3-6,13H2,1-2H3,(H2,14,16). The Morgan fingerprint density at radius 2 is 2.22 bits per heavy atom. The quantitative estimate of drug-likeness (QED) is 0.787. The number of amides is 1. The summed E-state index contributed by atoms with van der Waals surface area (Å²) in [5.41, 5.74) is 11.9. The van der Waals surface area contributed by atoms with E-state index in [-0.39, 0.29) is 0 Å². The smallest absolute Gasteiger partial charge is 0.261 e. The largest absolute Gasteiger partial charge is 0.396 e. The Labute approximate surface area is 116 Å². The van der Waals surface area contributed by atoms with Crippen molar-refractivity contribution in [3.05, 3.63) is 4.88 Å². The minimum atomic E-state index is -0.429. The molecule has 1 aliphatic carbocycles. The third-order valence-corrected chi connectivity index (χ3v) is 5.39. The van der Waals surface area contributed by atoms with Gasteiger partial charge in [-0.25, -0.2) is 0 Å². The molecule has 0 aromatic carbocycles. The summed E-state index contributed by atoms with van der Waals surface area (Å²) in [6.45, 7) is 4.12. The summed E-state index contributed by atoms with van der Waals surface area (Å²) in [4.78, 5) is 15.2. The molecule has 0 unspecified atom stereocenters. The van der Waals surface area contributed by atoms with Gasteiger partial charge in [0.25, 0.3) is 5.91 Å². The maximum absolute atomic E-state index is 11.4. The van der Waals surface area contributed by atoms with E-state index in [2.05, 4.69) is 11.8 Å². The number of nitrogen functional groups attached to an aromatic ring is 1. The molecule has 1 fully saturated rings. The summed E-state index contributed by atoms with van der Waals surface area (Å²) < 4.78 is 0. The molecule has 1 aliphatic rings. The molecule has 0 radical (unpaired) electrons. The van der Waals surface area contributed by atoms with Crippen molar-refractivity contribution in [3.63, 3.8) is 0 Å². The first-order valence-electron chi connectivity index (χ1n) is 6.09. The zero-order valence-electron chi connectivity index (χ0n) is 10.7. The van der Waals surface area contributed by atoms with Gasteiger partial charge in [0.1, 0.15) is 9.88 Å². The van der Waals surface area contributed by atoms with Crippen LogP contribution in [0.5, 0.6) is 0 Å². The van der Waals surface area contributed by atoms with Gasteiger partial charge in [-0.05, 0) is 31.9 Å². The molecule has 1 aromatic rings. The van der Waals surface area contributed by atoms with Crippen molar-refractivity contribution in [1.29, 1.82) is 0 Å². The van der Waals surface area contributed by atoms with E-state index in [4.69, 9.17) is 11.5 Å². The molecule has 100 valence electrons. The highest BCUT2D eigenvalue weighted by Crippen LogP contribution is 2.44. The Balaban J connectivity index is 2.34. The van der Waals surface area contributed by atoms with Gasteiger partial charge in [0.15, 0.2) is 0 Å². The molecule has 4 N–H and O–H groups in total. The van der Waals surface area contributed by atoms with E-state index in [1.807, 2.05) is 6.26 Å². The molecule has 0 bridgehead atoms. The maximum atomic E-state index is 11.4. The molecule has 6 heteroatoms. The molecule has 0 spiro atoms. The molecular formula is C12H19N3OS2. The molecule has 1 aromatic heterocycles. The molecule has 18 heavy (non-hydrogen) atoms. The van der Waals surface area contributed by atoms with Crippen molar-refractivity contribution >= 4 is 39.7 Å². The number of nitrogens with two attached hydrogens (primary N) is 2. The SMILES string of the molecule is CCN(CC1CC1)c1sc(C(N)=O)c(N)c1SC. The lowest BCUT2D eigenvalue weighted by molar-refractivity contribution is 0.100. The van der Waals surface area contributed by atoms with Crippen LogP contribution in [0.25, 0.3) is 0 Å². The molecule has 0 atom stereocenters. The van der Waals surface area contributed by atoms with Gasteiger partial charge in [-0.15, -0.1) is 23.1 Å². The minimum Gasteiger partial charge on any atom is -0.396 e. The first kappa shape index (κ1) is 13.5. The van der Waals surface area contributed by atoms with Gasteiger partial charge in [-0.2, -0.15) is 0 Å². The highest BCUT2D eigenvalue weighted by Gasteiger charge is 2.27. The van der Waals surface area contributed by atoms with Gasteiger partial charge in [0.2, 0.25) is 0 Å². The van der Waals surface area contributed by atoms with Crippen LogP contribution >= 0.6 is 23.1 Å². The van der Waals surface area contributed by atoms with Gasteiger partial charge in [-0.3, -0.25) is 4.79 Å². The summed E-state index contributed by atoms with van der Waals surface area (Å²) in [5, 5.41) is 1.10. The minimum absolute atomic E-state index is 0.429. The Morgan fingerprint density at radius 1 is 1.56 bits per heavy atom. The number of rotatable bonds is 6. The van der Waals surface area contributed by atoms with E-state index in [9.17, 15) is 4.79 Å². The molecular weight excluding hydrogens is 266 g/mol. The number of primary amides is 1. The number of carbonyl (C=O) groups is 1. The highest BCUT2D eigenvalue weighted by atomic mass is 32.2. The predicted molar refractivity (Wildman–Crippen MR) is 79.6 cm³/mol. The van der Waals surface area contributed by atoms with Crippen molar-refractivity contribution < 1.29 is 4.79 Å². The zero-order valence-corrected chi connectivity index (χ0v) is 12.4. The Hall–Kier alpha value is -0.880. The van der Waals surface area contributed by atoms with Gasteiger partial charge < -0.3 is 16.4 Å². The fourth-order valence-corrected chi connectivity index (χ4v) is 4.08. The Morgan fingerprint density at radius 3 is 2.67 bits per heavy atom. The topological polar surface area (TPSA) is 72.3 Å².